The molecule has 2 aromatic carbocycles. The summed E-state index contributed by atoms with van der Waals surface area (Å²) in [5.41, 5.74) is 9.12. The van der Waals surface area contributed by atoms with Gasteiger partial charge in [0.25, 0.3) is 0 Å². The number of methoxy groups -OCH3 is 2. The van der Waals surface area contributed by atoms with Gasteiger partial charge in [-0.1, -0.05) is 29.8 Å². The highest BCUT2D eigenvalue weighted by molar-refractivity contribution is 5.85. The fraction of sp³-hybridized carbons (Fsp3) is 0.381. The molecule has 8 heteroatoms. The summed E-state index contributed by atoms with van der Waals surface area (Å²) in [6, 6.07) is 13.0. The van der Waals surface area contributed by atoms with Crippen LogP contribution in [-0.4, -0.2) is 39.3 Å². The molecule has 1 saturated heterocycles. The van der Waals surface area contributed by atoms with Gasteiger partial charge in [0.2, 0.25) is 5.91 Å². The Bertz CT molecular complexity index is 780. The molecule has 1 fully saturated rings. The molecule has 0 aliphatic carbocycles. The molecule has 0 saturated carbocycles. The lowest BCUT2D eigenvalue weighted by molar-refractivity contribution is -0.123. The number of aryl methyl sites for hydroxylation is 1. The number of nitrogens with one attached hydrogen (secondary N) is 1. The maximum absolute atomic E-state index is 12.5. The van der Waals surface area contributed by atoms with Crippen LogP contribution in [0.1, 0.15) is 23.6 Å². The second kappa shape index (κ2) is 11.1. The molecule has 2 aromatic rings. The first kappa shape index (κ1) is 24.9. The summed E-state index contributed by atoms with van der Waals surface area (Å²) in [4.78, 5) is 14.7. The number of amides is 1. The number of nitrogens with zero attached hydrogens (tertiary/aromatic N) is 1. The fourth-order valence-corrected chi connectivity index (χ4v) is 3.30. The lowest BCUT2D eigenvalue weighted by atomic mass is 10.0. The summed E-state index contributed by atoms with van der Waals surface area (Å²) >= 11 is 0. The Balaban J connectivity index is 0.00000210. The molecule has 6 nitrogen and oxygen atoms in total. The number of carbonyl (C=O) groups excluding carboxylic acids is 1. The van der Waals surface area contributed by atoms with Gasteiger partial charge in [-0.3, -0.25) is 4.79 Å². The Kier molecular flexibility index (Phi) is 9.56. The number of halogens is 2. The van der Waals surface area contributed by atoms with E-state index in [-0.39, 0.29) is 36.8 Å². The number of anilines is 1. The van der Waals surface area contributed by atoms with Crippen molar-refractivity contribution < 1.29 is 14.3 Å². The summed E-state index contributed by atoms with van der Waals surface area (Å²) in [5.74, 6) is 1.35. The average Bonchev–Trinajstić information content (AvgIpc) is 3.16. The monoisotopic (exact) mass is 441 g/mol. The molecule has 0 bridgehead atoms. The number of nitrogens with two attached hydrogens (primary N) is 1. The van der Waals surface area contributed by atoms with Crippen molar-refractivity contribution in [2.75, 3.05) is 32.2 Å². The van der Waals surface area contributed by atoms with Gasteiger partial charge >= 0.3 is 0 Å². The highest BCUT2D eigenvalue weighted by Gasteiger charge is 2.27. The van der Waals surface area contributed by atoms with Gasteiger partial charge in [0.05, 0.1) is 14.2 Å². The quantitative estimate of drug-likeness (QED) is 0.719. The van der Waals surface area contributed by atoms with Crippen LogP contribution in [0.4, 0.5) is 5.69 Å². The van der Waals surface area contributed by atoms with Crippen molar-refractivity contribution >= 4 is 36.4 Å². The number of benzene rings is 2. The van der Waals surface area contributed by atoms with Crippen LogP contribution >= 0.6 is 24.8 Å². The zero-order chi connectivity index (χ0) is 19.4. The van der Waals surface area contributed by atoms with Crippen molar-refractivity contribution in [2.24, 2.45) is 5.73 Å². The number of hydrogen-bond donors (Lipinski definition) is 2. The molecular formula is C21H29Cl2N3O3. The maximum atomic E-state index is 12.5. The third-order valence-electron chi connectivity index (χ3n) is 4.95. The highest BCUT2D eigenvalue weighted by atomic mass is 35.5. The van der Waals surface area contributed by atoms with Gasteiger partial charge in [-0.25, -0.2) is 0 Å². The minimum Gasteiger partial charge on any atom is -0.497 e. The smallest absolute Gasteiger partial charge is 0.241 e. The lowest BCUT2D eigenvalue weighted by Crippen LogP contribution is -2.42. The van der Waals surface area contributed by atoms with Gasteiger partial charge in [0.15, 0.2) is 0 Å². The molecule has 0 aromatic heterocycles. The van der Waals surface area contributed by atoms with E-state index in [9.17, 15) is 4.79 Å². The molecule has 2 unspecified atom stereocenters. The van der Waals surface area contributed by atoms with E-state index in [1.807, 2.05) is 49.4 Å². The van der Waals surface area contributed by atoms with Crippen LogP contribution < -0.4 is 25.4 Å². The van der Waals surface area contributed by atoms with E-state index in [0.717, 1.165) is 47.8 Å². The molecule has 1 aliphatic heterocycles. The molecule has 0 spiro atoms. The van der Waals surface area contributed by atoms with Crippen LogP contribution in [0.3, 0.4) is 0 Å². The van der Waals surface area contributed by atoms with Gasteiger partial charge in [-0.05, 0) is 18.9 Å². The van der Waals surface area contributed by atoms with E-state index in [0.29, 0.717) is 0 Å². The zero-order valence-corrected chi connectivity index (χ0v) is 18.5. The van der Waals surface area contributed by atoms with Crippen molar-refractivity contribution in [3.8, 4) is 11.5 Å². The van der Waals surface area contributed by atoms with Gasteiger partial charge in [0.1, 0.15) is 17.5 Å². The molecule has 2 atom stereocenters. The van der Waals surface area contributed by atoms with E-state index < -0.39 is 6.04 Å². The Labute approximate surface area is 184 Å². The normalized spacial score (nSPS) is 16.3. The largest absolute Gasteiger partial charge is 0.497 e. The molecule has 3 N–H and O–H groups in total. The summed E-state index contributed by atoms with van der Waals surface area (Å²) < 4.78 is 10.7. The Hall–Kier alpha value is -2.15. The van der Waals surface area contributed by atoms with E-state index in [2.05, 4.69) is 10.2 Å². The summed E-state index contributed by atoms with van der Waals surface area (Å²) in [5, 5.41) is 3.08. The van der Waals surface area contributed by atoms with Crippen LogP contribution in [0.25, 0.3) is 0 Å². The van der Waals surface area contributed by atoms with E-state index in [1.54, 1.807) is 14.2 Å². The number of ether oxygens (including phenoxy) is 2. The average molecular weight is 442 g/mol. The van der Waals surface area contributed by atoms with Crippen LogP contribution in [0.15, 0.2) is 42.5 Å². The van der Waals surface area contributed by atoms with Crippen LogP contribution in [0.5, 0.6) is 11.5 Å². The molecule has 29 heavy (non-hydrogen) atoms. The van der Waals surface area contributed by atoms with Crippen molar-refractivity contribution in [3.63, 3.8) is 0 Å². The standard InChI is InChI=1S/C21H27N3O3.2ClH/c1-14-4-6-15(7-5-14)20(22)21(25)23-16-8-9-24(13-16)17-10-18(26-2)12-19(11-17)27-3;;/h4-7,10-12,16,20H,8-9,13,22H2,1-3H3,(H,23,25);2*1H. The Morgan fingerprint density at radius 1 is 1.10 bits per heavy atom. The lowest BCUT2D eigenvalue weighted by Gasteiger charge is -2.21. The minimum absolute atomic E-state index is 0. The molecule has 160 valence electrons. The van der Waals surface area contributed by atoms with Gasteiger partial charge in [0, 0.05) is 43.0 Å². The summed E-state index contributed by atoms with van der Waals surface area (Å²) in [6.45, 7) is 3.58. The van der Waals surface area contributed by atoms with E-state index in [1.165, 1.54) is 0 Å². The Morgan fingerprint density at radius 2 is 1.69 bits per heavy atom. The first-order valence-corrected chi connectivity index (χ1v) is 9.10. The van der Waals surface area contributed by atoms with Crippen molar-refractivity contribution in [1.82, 2.24) is 5.32 Å². The molecule has 1 amide bonds. The van der Waals surface area contributed by atoms with Crippen LogP contribution in [0, 0.1) is 6.92 Å². The second-order valence-corrected chi connectivity index (χ2v) is 6.90. The summed E-state index contributed by atoms with van der Waals surface area (Å²) in [6.07, 6.45) is 0.867. The van der Waals surface area contributed by atoms with E-state index in [4.69, 9.17) is 15.2 Å². The predicted molar refractivity (Wildman–Crippen MR) is 121 cm³/mol. The fourth-order valence-electron chi connectivity index (χ4n) is 3.30. The second-order valence-electron chi connectivity index (χ2n) is 6.90. The van der Waals surface area contributed by atoms with Crippen LogP contribution in [0.2, 0.25) is 0 Å². The first-order chi connectivity index (χ1) is 13.0. The zero-order valence-electron chi connectivity index (χ0n) is 16.9. The number of rotatable bonds is 6. The van der Waals surface area contributed by atoms with Gasteiger partial charge in [-0.2, -0.15) is 0 Å². The van der Waals surface area contributed by atoms with E-state index >= 15 is 0 Å². The minimum atomic E-state index is -0.656. The maximum Gasteiger partial charge on any atom is 0.241 e. The van der Waals surface area contributed by atoms with Crippen molar-refractivity contribution in [2.45, 2.75) is 25.4 Å². The number of carbonyl (C=O) groups is 1. The topological polar surface area (TPSA) is 76.8 Å². The molecule has 0 radical (unpaired) electrons. The molecule has 1 aliphatic rings. The predicted octanol–water partition coefficient (Wildman–Crippen LogP) is 3.25. The van der Waals surface area contributed by atoms with Crippen LogP contribution in [-0.2, 0) is 4.79 Å². The third-order valence-corrected chi connectivity index (χ3v) is 4.95. The van der Waals surface area contributed by atoms with Crippen molar-refractivity contribution in [1.29, 1.82) is 0 Å². The SMILES string of the molecule is COc1cc(OC)cc(N2CCC(NC(=O)C(N)c3ccc(C)cc3)C2)c1.Cl.Cl. The van der Waals surface area contributed by atoms with Crippen molar-refractivity contribution in [3.05, 3.63) is 53.6 Å². The molecule has 3 rings (SSSR count). The third kappa shape index (κ3) is 6.16. The Morgan fingerprint density at radius 3 is 2.24 bits per heavy atom. The summed E-state index contributed by atoms with van der Waals surface area (Å²) in [7, 11) is 3.27. The molecular weight excluding hydrogens is 413 g/mol. The van der Waals surface area contributed by atoms with Gasteiger partial charge in [-0.15, -0.1) is 24.8 Å². The van der Waals surface area contributed by atoms with Gasteiger partial charge < -0.3 is 25.4 Å². The molecule has 1 heterocycles. The first-order valence-electron chi connectivity index (χ1n) is 9.10. The highest BCUT2D eigenvalue weighted by Crippen LogP contribution is 2.30. The number of hydrogen-bond acceptors (Lipinski definition) is 5.